The molecule has 0 radical (unpaired) electrons. The molecule has 1 aromatic rings. The molecule has 1 aromatic heterocycles. The van der Waals surface area contributed by atoms with Gasteiger partial charge in [-0.15, -0.1) is 0 Å². The zero-order chi connectivity index (χ0) is 15.2. The molecule has 1 heteroatoms. The third-order valence-electron chi connectivity index (χ3n) is 4.26. The van der Waals surface area contributed by atoms with Crippen molar-refractivity contribution in [1.29, 1.82) is 0 Å². The van der Waals surface area contributed by atoms with Gasteiger partial charge in [-0.1, -0.05) is 71.6 Å². The molecule has 120 valence electrons. The predicted octanol–water partition coefficient (Wildman–Crippen LogP) is 5.85. The van der Waals surface area contributed by atoms with Crippen molar-refractivity contribution >= 4 is 0 Å². The third kappa shape index (κ3) is 9.66. The van der Waals surface area contributed by atoms with E-state index in [1.54, 1.807) is 0 Å². The molecule has 0 fully saturated rings. The minimum absolute atomic E-state index is 1.14. The number of rotatable bonds is 13. The summed E-state index contributed by atoms with van der Waals surface area (Å²) in [5, 5.41) is 0. The largest absolute Gasteiger partial charge is 0.205 e. The fraction of sp³-hybridized carbons (Fsp3) is 0.750. The first-order valence-electron chi connectivity index (χ1n) is 9.34. The van der Waals surface area contributed by atoms with Gasteiger partial charge in [-0.05, 0) is 18.4 Å². The highest BCUT2D eigenvalue weighted by Crippen LogP contribution is 2.12. The summed E-state index contributed by atoms with van der Waals surface area (Å²) in [5.41, 5.74) is 1.50. The number of pyridine rings is 1. The molecule has 1 rings (SSSR count). The van der Waals surface area contributed by atoms with Crippen LogP contribution in [0.1, 0.15) is 90.0 Å². The molecule has 1 heterocycles. The molecule has 0 unspecified atom stereocenters. The van der Waals surface area contributed by atoms with Gasteiger partial charge >= 0.3 is 0 Å². The summed E-state index contributed by atoms with van der Waals surface area (Å²) in [6.45, 7) is 5.65. The van der Waals surface area contributed by atoms with Gasteiger partial charge in [-0.2, -0.15) is 0 Å². The highest BCUT2D eigenvalue weighted by Gasteiger charge is 1.99. The number of aromatic nitrogens is 1. The van der Waals surface area contributed by atoms with Crippen LogP contribution in [-0.4, -0.2) is 0 Å². The fourth-order valence-electron chi connectivity index (χ4n) is 2.88. The molecule has 0 saturated heterocycles. The van der Waals surface area contributed by atoms with E-state index in [0.29, 0.717) is 0 Å². The number of hydrogen-bond donors (Lipinski definition) is 0. The second-order valence-electron chi connectivity index (χ2n) is 6.38. The van der Waals surface area contributed by atoms with Crippen molar-refractivity contribution in [3.63, 3.8) is 0 Å². The van der Waals surface area contributed by atoms with Crippen molar-refractivity contribution in [3.05, 3.63) is 30.1 Å². The summed E-state index contributed by atoms with van der Waals surface area (Å²) in [6, 6.07) is 4.59. The van der Waals surface area contributed by atoms with Gasteiger partial charge in [-0.25, -0.2) is 4.57 Å². The van der Waals surface area contributed by atoms with Gasteiger partial charge in [0.05, 0.1) is 0 Å². The Morgan fingerprint density at radius 3 is 1.71 bits per heavy atom. The van der Waals surface area contributed by atoms with Crippen molar-refractivity contribution in [2.75, 3.05) is 0 Å². The van der Waals surface area contributed by atoms with Gasteiger partial charge in [0.1, 0.15) is 6.54 Å². The van der Waals surface area contributed by atoms with Crippen LogP contribution in [0.3, 0.4) is 0 Å². The van der Waals surface area contributed by atoms with E-state index in [9.17, 15) is 0 Å². The van der Waals surface area contributed by atoms with Crippen molar-refractivity contribution in [1.82, 2.24) is 0 Å². The Bertz CT molecular complexity index is 328. The molecule has 0 aromatic carbocycles. The van der Waals surface area contributed by atoms with Crippen LogP contribution < -0.4 is 4.57 Å². The Morgan fingerprint density at radius 1 is 0.667 bits per heavy atom. The first-order chi connectivity index (χ1) is 10.4. The van der Waals surface area contributed by atoms with Crippen molar-refractivity contribution < 1.29 is 4.57 Å². The van der Waals surface area contributed by atoms with Crippen LogP contribution >= 0.6 is 0 Å². The molecular weight excluding hydrogens is 254 g/mol. The van der Waals surface area contributed by atoms with E-state index in [1.807, 2.05) is 0 Å². The van der Waals surface area contributed by atoms with Gasteiger partial charge in [0.15, 0.2) is 12.4 Å². The van der Waals surface area contributed by atoms with Crippen molar-refractivity contribution in [2.24, 2.45) is 0 Å². The summed E-state index contributed by atoms with van der Waals surface area (Å²) in [6.07, 6.45) is 21.1. The lowest BCUT2D eigenvalue weighted by Gasteiger charge is -2.03. The molecule has 0 saturated carbocycles. The minimum atomic E-state index is 1.14. The van der Waals surface area contributed by atoms with E-state index >= 15 is 0 Å². The lowest BCUT2D eigenvalue weighted by atomic mass is 10.0. The van der Waals surface area contributed by atoms with E-state index in [4.69, 9.17) is 0 Å². The molecule has 0 spiro atoms. The van der Waals surface area contributed by atoms with Crippen molar-refractivity contribution in [3.8, 4) is 0 Å². The van der Waals surface area contributed by atoms with Crippen LogP contribution in [0.4, 0.5) is 0 Å². The standard InChI is InChI=1S/C20H36N/c1-3-5-6-7-8-9-10-11-12-13-14-20-15-18-21(17-4-2)19-16-20/h15-16,18-19H,3-14,17H2,1-2H3/q+1. The maximum absolute atomic E-state index is 2.30. The Hall–Kier alpha value is -0.850. The zero-order valence-corrected chi connectivity index (χ0v) is 14.4. The van der Waals surface area contributed by atoms with Crippen LogP contribution in [0, 0.1) is 0 Å². The van der Waals surface area contributed by atoms with Crippen LogP contribution in [0.25, 0.3) is 0 Å². The van der Waals surface area contributed by atoms with Crippen LogP contribution in [-0.2, 0) is 13.0 Å². The smallest absolute Gasteiger partial charge is 0.169 e. The van der Waals surface area contributed by atoms with E-state index in [2.05, 4.69) is 42.9 Å². The summed E-state index contributed by atoms with van der Waals surface area (Å²) in [4.78, 5) is 0. The number of unbranched alkanes of at least 4 members (excludes halogenated alkanes) is 9. The normalized spacial score (nSPS) is 11.0. The molecule has 0 bridgehead atoms. The lowest BCUT2D eigenvalue weighted by Crippen LogP contribution is -2.32. The van der Waals surface area contributed by atoms with Gasteiger partial charge in [0.2, 0.25) is 0 Å². The number of aryl methyl sites for hydroxylation is 2. The second kappa shape index (κ2) is 12.9. The minimum Gasteiger partial charge on any atom is -0.205 e. The summed E-state index contributed by atoms with van der Waals surface area (Å²) < 4.78 is 2.28. The first-order valence-corrected chi connectivity index (χ1v) is 9.34. The third-order valence-corrected chi connectivity index (χ3v) is 4.26. The molecule has 0 aliphatic heterocycles. The average molecular weight is 291 g/mol. The van der Waals surface area contributed by atoms with E-state index in [-0.39, 0.29) is 0 Å². The van der Waals surface area contributed by atoms with Crippen LogP contribution in [0.5, 0.6) is 0 Å². The molecule has 0 amide bonds. The maximum Gasteiger partial charge on any atom is 0.169 e. The highest BCUT2D eigenvalue weighted by atomic mass is 14.9. The SMILES string of the molecule is CCCCCCCCCCCCc1cc[n+](CCC)cc1. The molecule has 0 aliphatic rings. The second-order valence-corrected chi connectivity index (χ2v) is 6.38. The maximum atomic E-state index is 2.30. The van der Waals surface area contributed by atoms with Gasteiger partial charge in [0, 0.05) is 18.6 Å². The molecule has 21 heavy (non-hydrogen) atoms. The molecule has 0 N–H and O–H groups in total. The monoisotopic (exact) mass is 290 g/mol. The molecule has 0 aliphatic carbocycles. The number of hydrogen-bond acceptors (Lipinski definition) is 0. The summed E-state index contributed by atoms with van der Waals surface area (Å²) in [7, 11) is 0. The molecule has 1 nitrogen and oxygen atoms in total. The Labute approximate surface area is 132 Å². The van der Waals surface area contributed by atoms with Crippen LogP contribution in [0.2, 0.25) is 0 Å². The number of nitrogens with zero attached hydrogens (tertiary/aromatic N) is 1. The highest BCUT2D eigenvalue weighted by molar-refractivity contribution is 5.07. The predicted molar refractivity (Wildman–Crippen MR) is 92.5 cm³/mol. The van der Waals surface area contributed by atoms with Gasteiger partial charge in [0.25, 0.3) is 0 Å². The Balaban J connectivity index is 1.94. The zero-order valence-electron chi connectivity index (χ0n) is 14.4. The first kappa shape index (κ1) is 18.2. The van der Waals surface area contributed by atoms with E-state index in [1.165, 1.54) is 82.6 Å². The van der Waals surface area contributed by atoms with Crippen LogP contribution in [0.15, 0.2) is 24.5 Å². The summed E-state index contributed by atoms with van der Waals surface area (Å²) >= 11 is 0. The Morgan fingerprint density at radius 2 is 1.19 bits per heavy atom. The fourth-order valence-corrected chi connectivity index (χ4v) is 2.88. The lowest BCUT2D eigenvalue weighted by molar-refractivity contribution is -0.697. The van der Waals surface area contributed by atoms with Gasteiger partial charge in [-0.3, -0.25) is 0 Å². The topological polar surface area (TPSA) is 3.88 Å². The van der Waals surface area contributed by atoms with Gasteiger partial charge < -0.3 is 0 Å². The van der Waals surface area contributed by atoms with Crippen molar-refractivity contribution in [2.45, 2.75) is 97.4 Å². The van der Waals surface area contributed by atoms with E-state index < -0.39 is 0 Å². The molecule has 0 atom stereocenters. The quantitative estimate of drug-likeness (QED) is 0.317. The average Bonchev–Trinajstić information content (AvgIpc) is 2.51. The molecular formula is C20H36N+. The Kier molecular flexibility index (Phi) is 11.1. The summed E-state index contributed by atoms with van der Waals surface area (Å²) in [5.74, 6) is 0. The van der Waals surface area contributed by atoms with E-state index in [0.717, 1.165) is 6.54 Å².